The van der Waals surface area contributed by atoms with E-state index in [0.29, 0.717) is 0 Å². The lowest BCUT2D eigenvalue weighted by molar-refractivity contribution is 0.385. The number of nitrogen functional groups attached to an aromatic ring is 1. The summed E-state index contributed by atoms with van der Waals surface area (Å²) in [4.78, 5) is 13.1. The van der Waals surface area contributed by atoms with Gasteiger partial charge in [0.1, 0.15) is 0 Å². The van der Waals surface area contributed by atoms with Crippen molar-refractivity contribution in [2.24, 2.45) is 16.8 Å². The van der Waals surface area contributed by atoms with Gasteiger partial charge < -0.3 is 5.73 Å². The van der Waals surface area contributed by atoms with E-state index in [1.807, 2.05) is 45.2 Å². The molecule has 0 bridgehead atoms. The topological polar surface area (TPSA) is 81.5 Å². The Bertz CT molecular complexity index is 1020. The third-order valence-electron chi connectivity index (χ3n) is 5.82. The molecule has 6 heteroatoms. The summed E-state index contributed by atoms with van der Waals surface area (Å²) < 4.78 is 1.71. The van der Waals surface area contributed by atoms with Crippen LogP contribution in [-0.2, 0) is 0 Å². The molecular weight excluding hydrogens is 408 g/mol. The lowest BCUT2D eigenvalue weighted by atomic mass is 9.91. The van der Waals surface area contributed by atoms with Gasteiger partial charge in [-0.3, -0.25) is 9.98 Å². The van der Waals surface area contributed by atoms with Crippen molar-refractivity contribution in [3.8, 4) is 11.3 Å². The Labute approximate surface area is 199 Å². The summed E-state index contributed by atoms with van der Waals surface area (Å²) in [6.07, 6.45) is 12.3. The van der Waals surface area contributed by atoms with Gasteiger partial charge in [-0.15, -0.1) is 5.10 Å². The third-order valence-corrected chi connectivity index (χ3v) is 5.82. The first-order chi connectivity index (χ1) is 15.7. The van der Waals surface area contributed by atoms with Crippen LogP contribution in [0.5, 0.6) is 0 Å². The molecule has 33 heavy (non-hydrogen) atoms. The second-order valence-corrected chi connectivity index (χ2v) is 9.58. The number of nitrogens with two attached hydrogens (primary N) is 1. The number of hydrogen-bond donors (Lipinski definition) is 1. The number of fused-ring (bicyclic) bond motifs is 1. The van der Waals surface area contributed by atoms with Crippen LogP contribution in [0.4, 0.5) is 11.6 Å². The molecule has 0 atom stereocenters. The summed E-state index contributed by atoms with van der Waals surface area (Å²) in [6, 6.07) is 5.89. The molecule has 2 N–H and O–H groups in total. The highest BCUT2D eigenvalue weighted by molar-refractivity contribution is 5.83. The number of aliphatic imine (C=N–C) groups is 1. The fraction of sp³-hybridized carbons (Fsp3) is 0.556. The van der Waals surface area contributed by atoms with E-state index in [0.717, 1.165) is 45.7 Å². The van der Waals surface area contributed by atoms with E-state index in [-0.39, 0.29) is 5.95 Å². The van der Waals surface area contributed by atoms with Crippen LogP contribution in [0.3, 0.4) is 0 Å². The molecule has 1 aliphatic carbocycles. The first-order valence-corrected chi connectivity index (χ1v) is 12.3. The summed E-state index contributed by atoms with van der Waals surface area (Å²) in [5.41, 5.74) is 11.1. The van der Waals surface area contributed by atoms with Crippen LogP contribution < -0.4 is 5.73 Å². The molecule has 3 aromatic heterocycles. The summed E-state index contributed by atoms with van der Waals surface area (Å²) in [5.74, 6) is 2.17. The summed E-state index contributed by atoms with van der Waals surface area (Å²) in [6.45, 7) is 14.9. The quantitative estimate of drug-likeness (QED) is 0.421. The Balaban J connectivity index is 0.000000264. The highest BCUT2D eigenvalue weighted by Gasteiger charge is 2.10. The van der Waals surface area contributed by atoms with Gasteiger partial charge in [0.05, 0.1) is 28.8 Å². The van der Waals surface area contributed by atoms with E-state index in [9.17, 15) is 0 Å². The SMILES string of the molecule is CC(C)=Nc1ccc(-c2ccn3nc(N)ncc23)nc1C.CC1CCCCC1.CCC(C)C. The zero-order valence-corrected chi connectivity index (χ0v) is 21.6. The number of nitrogens with zero attached hydrogens (tertiary/aromatic N) is 5. The van der Waals surface area contributed by atoms with Crippen molar-refractivity contribution in [2.45, 2.75) is 87.0 Å². The number of aromatic nitrogens is 4. The smallest absolute Gasteiger partial charge is 0.238 e. The Morgan fingerprint density at radius 1 is 1.15 bits per heavy atom. The van der Waals surface area contributed by atoms with Crippen molar-refractivity contribution >= 4 is 22.9 Å². The summed E-state index contributed by atoms with van der Waals surface area (Å²) in [5, 5.41) is 4.13. The van der Waals surface area contributed by atoms with E-state index in [1.165, 1.54) is 38.5 Å². The number of rotatable bonds is 3. The molecule has 0 radical (unpaired) electrons. The molecule has 180 valence electrons. The van der Waals surface area contributed by atoms with Gasteiger partial charge in [-0.25, -0.2) is 9.50 Å². The minimum Gasteiger partial charge on any atom is -0.367 e. The predicted molar refractivity (Wildman–Crippen MR) is 141 cm³/mol. The first-order valence-electron chi connectivity index (χ1n) is 12.3. The number of anilines is 1. The zero-order valence-electron chi connectivity index (χ0n) is 21.6. The highest BCUT2D eigenvalue weighted by atomic mass is 15.3. The van der Waals surface area contributed by atoms with Crippen LogP contribution in [0.1, 0.15) is 85.8 Å². The summed E-state index contributed by atoms with van der Waals surface area (Å²) in [7, 11) is 0. The molecule has 0 saturated heterocycles. The fourth-order valence-corrected chi connectivity index (χ4v) is 3.50. The van der Waals surface area contributed by atoms with Crippen LogP contribution in [0, 0.1) is 18.8 Å². The van der Waals surface area contributed by atoms with Gasteiger partial charge in [0, 0.05) is 17.5 Å². The Morgan fingerprint density at radius 3 is 2.33 bits per heavy atom. The minimum atomic E-state index is 0.247. The number of hydrogen-bond acceptors (Lipinski definition) is 5. The Hall–Kier alpha value is -2.76. The molecule has 1 fully saturated rings. The van der Waals surface area contributed by atoms with Gasteiger partial charge in [-0.05, 0) is 50.8 Å². The lowest BCUT2D eigenvalue weighted by Gasteiger charge is -2.15. The maximum absolute atomic E-state index is 5.59. The van der Waals surface area contributed by atoms with Gasteiger partial charge in [-0.2, -0.15) is 0 Å². The van der Waals surface area contributed by atoms with Crippen molar-refractivity contribution < 1.29 is 0 Å². The van der Waals surface area contributed by atoms with Crippen LogP contribution in [0.15, 0.2) is 35.6 Å². The normalized spacial score (nSPS) is 13.7. The van der Waals surface area contributed by atoms with Crippen LogP contribution >= 0.6 is 0 Å². The van der Waals surface area contributed by atoms with Crippen LogP contribution in [-0.4, -0.2) is 25.3 Å². The highest BCUT2D eigenvalue weighted by Crippen LogP contribution is 2.27. The molecule has 1 aliphatic rings. The second-order valence-electron chi connectivity index (χ2n) is 9.58. The van der Waals surface area contributed by atoms with Crippen molar-refractivity contribution in [3.05, 3.63) is 36.3 Å². The molecule has 1 saturated carbocycles. The molecule has 6 nitrogen and oxygen atoms in total. The molecular formula is C27H42N6. The van der Waals surface area contributed by atoms with Crippen molar-refractivity contribution in [2.75, 3.05) is 5.73 Å². The molecule has 0 spiro atoms. The number of pyridine rings is 1. The lowest BCUT2D eigenvalue weighted by Crippen LogP contribution is -1.99. The predicted octanol–water partition coefficient (Wildman–Crippen LogP) is 7.43. The van der Waals surface area contributed by atoms with E-state index in [1.54, 1.807) is 10.7 Å². The molecule has 0 aromatic carbocycles. The largest absolute Gasteiger partial charge is 0.367 e. The van der Waals surface area contributed by atoms with Crippen LogP contribution in [0.25, 0.3) is 16.8 Å². The zero-order chi connectivity index (χ0) is 24.4. The molecule has 0 unspecified atom stereocenters. The second kappa shape index (κ2) is 13.1. The van der Waals surface area contributed by atoms with Gasteiger partial charge >= 0.3 is 0 Å². The molecule has 0 amide bonds. The molecule has 0 aliphatic heterocycles. The summed E-state index contributed by atoms with van der Waals surface area (Å²) >= 11 is 0. The fourth-order valence-electron chi connectivity index (χ4n) is 3.50. The molecule has 4 rings (SSSR count). The molecule has 3 heterocycles. The van der Waals surface area contributed by atoms with E-state index in [2.05, 4.69) is 47.8 Å². The average Bonchev–Trinajstić information content (AvgIpc) is 3.19. The van der Waals surface area contributed by atoms with Gasteiger partial charge in [0.2, 0.25) is 5.95 Å². The maximum Gasteiger partial charge on any atom is 0.238 e. The monoisotopic (exact) mass is 450 g/mol. The van der Waals surface area contributed by atoms with Gasteiger partial charge in [-0.1, -0.05) is 66.2 Å². The standard InChI is InChI=1S/C15H16N6.C7H14.C5H12/c1-9(2)18-12-4-5-13(19-10(12)3)11-6-7-21-14(11)8-17-15(16)20-21;1-7-5-3-2-4-6-7;1-4-5(2)3/h4-8H,1-3H3,(H2,16,20);7H,2-6H2,1H3;5H,4H2,1-3H3. The van der Waals surface area contributed by atoms with Crippen molar-refractivity contribution in [1.82, 2.24) is 19.6 Å². The Morgan fingerprint density at radius 2 is 1.82 bits per heavy atom. The first kappa shape index (κ1) is 26.5. The minimum absolute atomic E-state index is 0.247. The van der Waals surface area contributed by atoms with Crippen molar-refractivity contribution in [1.29, 1.82) is 0 Å². The number of aryl methyl sites for hydroxylation is 1. The van der Waals surface area contributed by atoms with E-state index < -0.39 is 0 Å². The van der Waals surface area contributed by atoms with Crippen molar-refractivity contribution in [3.63, 3.8) is 0 Å². The van der Waals surface area contributed by atoms with E-state index >= 15 is 0 Å². The van der Waals surface area contributed by atoms with Crippen LogP contribution in [0.2, 0.25) is 0 Å². The maximum atomic E-state index is 5.59. The van der Waals surface area contributed by atoms with Gasteiger partial charge in [0.15, 0.2) is 0 Å². The molecule has 3 aromatic rings. The van der Waals surface area contributed by atoms with E-state index in [4.69, 9.17) is 5.73 Å². The Kier molecular flexibility index (Phi) is 10.5. The van der Waals surface area contributed by atoms with Gasteiger partial charge in [0.25, 0.3) is 0 Å². The average molecular weight is 451 g/mol. The third kappa shape index (κ3) is 8.60.